The molecule has 0 aliphatic heterocycles. The SMILES string of the molecule is CCOc1cc(CN=C(N)NCCc2cccs2)ccc1OC(F)F. The average Bonchev–Trinajstić information content (AvgIpc) is 3.08. The summed E-state index contributed by atoms with van der Waals surface area (Å²) in [6.07, 6.45) is 0.877. The highest BCUT2D eigenvalue weighted by atomic mass is 32.1. The lowest BCUT2D eigenvalue weighted by Crippen LogP contribution is -2.33. The number of aliphatic imine (C=N–C) groups is 1. The third kappa shape index (κ3) is 6.58. The lowest BCUT2D eigenvalue weighted by molar-refractivity contribution is -0.0514. The minimum absolute atomic E-state index is 0.00613. The highest BCUT2D eigenvalue weighted by Gasteiger charge is 2.11. The molecule has 5 nitrogen and oxygen atoms in total. The number of ether oxygens (including phenoxy) is 2. The van der Waals surface area contributed by atoms with Crippen molar-refractivity contribution in [1.82, 2.24) is 5.32 Å². The largest absolute Gasteiger partial charge is 0.490 e. The van der Waals surface area contributed by atoms with Crippen LogP contribution in [0.15, 0.2) is 40.7 Å². The van der Waals surface area contributed by atoms with Crippen molar-refractivity contribution in [3.63, 3.8) is 0 Å². The average molecular weight is 369 g/mol. The highest BCUT2D eigenvalue weighted by molar-refractivity contribution is 7.09. The molecule has 0 atom stereocenters. The molecule has 0 radical (unpaired) electrons. The third-order valence-electron chi connectivity index (χ3n) is 3.21. The van der Waals surface area contributed by atoms with Gasteiger partial charge >= 0.3 is 6.61 Å². The van der Waals surface area contributed by atoms with Gasteiger partial charge in [-0.3, -0.25) is 0 Å². The quantitative estimate of drug-likeness (QED) is 0.525. The number of halogens is 2. The normalized spacial score (nSPS) is 11.6. The maximum absolute atomic E-state index is 12.4. The van der Waals surface area contributed by atoms with Gasteiger partial charge in [-0.05, 0) is 42.5 Å². The van der Waals surface area contributed by atoms with Crippen LogP contribution in [-0.4, -0.2) is 25.7 Å². The van der Waals surface area contributed by atoms with Crippen molar-refractivity contribution in [2.24, 2.45) is 10.7 Å². The first-order valence-corrected chi connectivity index (χ1v) is 8.73. The van der Waals surface area contributed by atoms with Crippen LogP contribution in [0, 0.1) is 0 Å². The van der Waals surface area contributed by atoms with E-state index < -0.39 is 6.61 Å². The Morgan fingerprint density at radius 1 is 1.32 bits per heavy atom. The summed E-state index contributed by atoms with van der Waals surface area (Å²) in [7, 11) is 0. The first-order chi connectivity index (χ1) is 12.1. The molecule has 2 rings (SSSR count). The lowest BCUT2D eigenvalue weighted by atomic mass is 10.2. The second kappa shape index (κ2) is 9.83. The molecule has 1 aromatic carbocycles. The third-order valence-corrected chi connectivity index (χ3v) is 4.15. The smallest absolute Gasteiger partial charge is 0.387 e. The van der Waals surface area contributed by atoms with Crippen LogP contribution < -0.4 is 20.5 Å². The first-order valence-electron chi connectivity index (χ1n) is 7.85. The van der Waals surface area contributed by atoms with Crippen molar-refractivity contribution >= 4 is 17.3 Å². The fourth-order valence-electron chi connectivity index (χ4n) is 2.11. The summed E-state index contributed by atoms with van der Waals surface area (Å²) >= 11 is 1.70. The lowest BCUT2D eigenvalue weighted by Gasteiger charge is -2.12. The van der Waals surface area contributed by atoms with Crippen molar-refractivity contribution < 1.29 is 18.3 Å². The monoisotopic (exact) mass is 369 g/mol. The Hall–Kier alpha value is -2.35. The molecule has 3 N–H and O–H groups in total. The molecule has 2 aromatic rings. The number of thiophene rings is 1. The van der Waals surface area contributed by atoms with E-state index in [-0.39, 0.29) is 11.5 Å². The van der Waals surface area contributed by atoms with Crippen molar-refractivity contribution in [2.45, 2.75) is 26.5 Å². The molecule has 0 saturated heterocycles. The fraction of sp³-hybridized carbons (Fsp3) is 0.353. The van der Waals surface area contributed by atoms with Gasteiger partial charge in [0.2, 0.25) is 0 Å². The molecule has 136 valence electrons. The van der Waals surface area contributed by atoms with E-state index in [0.29, 0.717) is 25.7 Å². The number of alkyl halides is 2. The standard InChI is InChI=1S/C17H21F2N3O2S/c1-2-23-15-10-12(5-6-14(15)24-16(18)19)11-22-17(20)21-8-7-13-4-3-9-25-13/h3-6,9-10,16H,2,7-8,11H2,1H3,(H3,20,21,22). The van der Waals surface area contributed by atoms with Crippen LogP contribution in [0.5, 0.6) is 11.5 Å². The molecule has 0 amide bonds. The summed E-state index contributed by atoms with van der Waals surface area (Å²) in [5.74, 6) is 0.605. The summed E-state index contributed by atoms with van der Waals surface area (Å²) in [6.45, 7) is 0.227. The van der Waals surface area contributed by atoms with Crippen LogP contribution in [0.4, 0.5) is 8.78 Å². The summed E-state index contributed by atoms with van der Waals surface area (Å²) in [6, 6.07) is 8.81. The molecule has 0 saturated carbocycles. The van der Waals surface area contributed by atoms with Gasteiger partial charge < -0.3 is 20.5 Å². The van der Waals surface area contributed by atoms with Crippen LogP contribution >= 0.6 is 11.3 Å². The van der Waals surface area contributed by atoms with Crippen LogP contribution in [0.3, 0.4) is 0 Å². The summed E-state index contributed by atoms with van der Waals surface area (Å²) in [4.78, 5) is 5.52. The second-order valence-electron chi connectivity index (χ2n) is 5.05. The van der Waals surface area contributed by atoms with Crippen LogP contribution in [0.25, 0.3) is 0 Å². The van der Waals surface area contributed by atoms with Gasteiger partial charge in [0.1, 0.15) is 0 Å². The van der Waals surface area contributed by atoms with Gasteiger partial charge in [-0.25, -0.2) is 4.99 Å². The molecule has 25 heavy (non-hydrogen) atoms. The Kier molecular flexibility index (Phi) is 7.46. The van der Waals surface area contributed by atoms with E-state index >= 15 is 0 Å². The first kappa shape index (κ1) is 19.0. The number of nitrogens with one attached hydrogen (secondary N) is 1. The van der Waals surface area contributed by atoms with Crippen molar-refractivity contribution in [2.75, 3.05) is 13.2 Å². The number of guanidine groups is 1. The van der Waals surface area contributed by atoms with Gasteiger partial charge in [-0.2, -0.15) is 8.78 Å². The van der Waals surface area contributed by atoms with Gasteiger partial charge in [-0.15, -0.1) is 11.3 Å². The molecule has 0 fully saturated rings. The summed E-state index contributed by atoms with van der Waals surface area (Å²) < 4.78 is 34.6. The van der Waals surface area contributed by atoms with Crippen molar-refractivity contribution in [3.8, 4) is 11.5 Å². The predicted molar refractivity (Wildman–Crippen MR) is 95.6 cm³/mol. The number of hydrogen-bond acceptors (Lipinski definition) is 4. The Morgan fingerprint density at radius 2 is 2.16 bits per heavy atom. The Morgan fingerprint density at radius 3 is 2.84 bits per heavy atom. The zero-order valence-corrected chi connectivity index (χ0v) is 14.7. The molecular formula is C17H21F2N3O2S. The molecule has 0 aliphatic carbocycles. The molecular weight excluding hydrogens is 348 g/mol. The summed E-state index contributed by atoms with van der Waals surface area (Å²) in [5, 5.41) is 5.08. The van der Waals surface area contributed by atoms with Gasteiger partial charge in [0.25, 0.3) is 0 Å². The predicted octanol–water partition coefficient (Wildman–Crippen LogP) is 3.40. The maximum Gasteiger partial charge on any atom is 0.387 e. The number of nitrogens with two attached hydrogens (primary N) is 1. The Balaban J connectivity index is 1.90. The zero-order chi connectivity index (χ0) is 18.1. The zero-order valence-electron chi connectivity index (χ0n) is 13.9. The van der Waals surface area contributed by atoms with Gasteiger partial charge in [0, 0.05) is 11.4 Å². The van der Waals surface area contributed by atoms with E-state index in [1.165, 1.54) is 10.9 Å². The van der Waals surface area contributed by atoms with Crippen LogP contribution in [0.2, 0.25) is 0 Å². The van der Waals surface area contributed by atoms with Gasteiger partial charge in [-0.1, -0.05) is 12.1 Å². The second-order valence-corrected chi connectivity index (χ2v) is 6.08. The number of hydrogen-bond donors (Lipinski definition) is 2. The molecule has 8 heteroatoms. The maximum atomic E-state index is 12.4. The molecule has 1 aromatic heterocycles. The number of benzene rings is 1. The van der Waals surface area contributed by atoms with Crippen LogP contribution in [0.1, 0.15) is 17.4 Å². The minimum Gasteiger partial charge on any atom is -0.490 e. The summed E-state index contributed by atoms with van der Waals surface area (Å²) in [5.41, 5.74) is 6.63. The molecule has 1 heterocycles. The van der Waals surface area contributed by atoms with E-state index in [0.717, 1.165) is 12.0 Å². The molecule has 0 bridgehead atoms. The fourth-order valence-corrected chi connectivity index (χ4v) is 2.82. The molecule has 0 unspecified atom stereocenters. The molecule has 0 spiro atoms. The van der Waals surface area contributed by atoms with E-state index in [1.807, 2.05) is 11.4 Å². The van der Waals surface area contributed by atoms with E-state index in [2.05, 4.69) is 21.1 Å². The van der Waals surface area contributed by atoms with Crippen molar-refractivity contribution in [1.29, 1.82) is 0 Å². The highest BCUT2D eigenvalue weighted by Crippen LogP contribution is 2.30. The topological polar surface area (TPSA) is 68.9 Å². The Bertz CT molecular complexity index is 679. The van der Waals surface area contributed by atoms with Crippen molar-refractivity contribution in [3.05, 3.63) is 46.2 Å². The van der Waals surface area contributed by atoms with Gasteiger partial charge in [0.05, 0.1) is 13.2 Å². The minimum atomic E-state index is -2.90. The van der Waals surface area contributed by atoms with Crippen LogP contribution in [-0.2, 0) is 13.0 Å². The van der Waals surface area contributed by atoms with E-state index in [1.54, 1.807) is 30.4 Å². The molecule has 0 aliphatic rings. The number of nitrogens with zero attached hydrogens (tertiary/aromatic N) is 1. The van der Waals surface area contributed by atoms with Gasteiger partial charge in [0.15, 0.2) is 17.5 Å². The number of rotatable bonds is 9. The van der Waals surface area contributed by atoms with E-state index in [9.17, 15) is 8.78 Å². The van der Waals surface area contributed by atoms with E-state index in [4.69, 9.17) is 10.5 Å². The Labute approximate surface area is 149 Å².